The molecule has 0 radical (unpaired) electrons. The largest absolute Gasteiger partial charge is 0.733 e. The van der Waals surface area contributed by atoms with Crippen LogP contribution in [0, 0.1) is 5.21 Å². The van der Waals surface area contributed by atoms with Crippen molar-refractivity contribution < 1.29 is 14.7 Å². The number of methoxy groups -OCH3 is 1. The van der Waals surface area contributed by atoms with Gasteiger partial charge in [-0.25, -0.2) is 0 Å². The van der Waals surface area contributed by atoms with Gasteiger partial charge in [0.2, 0.25) is 0 Å². The van der Waals surface area contributed by atoms with Crippen LogP contribution >= 0.6 is 0 Å². The van der Waals surface area contributed by atoms with E-state index in [-0.39, 0.29) is 16.7 Å². The summed E-state index contributed by atoms with van der Waals surface area (Å²) in [7, 11) is 1.56. The summed E-state index contributed by atoms with van der Waals surface area (Å²) in [4.78, 5) is 12.0. The summed E-state index contributed by atoms with van der Waals surface area (Å²) in [5.41, 5.74) is 1.29. The molecule has 21 heavy (non-hydrogen) atoms. The number of hydrogen-bond donors (Lipinski definition) is 1. The third-order valence-corrected chi connectivity index (χ3v) is 2.89. The molecule has 5 nitrogen and oxygen atoms in total. The highest BCUT2D eigenvalue weighted by Crippen LogP contribution is 2.16. The Morgan fingerprint density at radius 1 is 1.24 bits per heavy atom. The fourth-order valence-electron chi connectivity index (χ4n) is 1.77. The van der Waals surface area contributed by atoms with Crippen molar-refractivity contribution in [2.45, 2.75) is 0 Å². The topological polar surface area (TPSA) is 72.8 Å². The lowest BCUT2D eigenvalue weighted by Crippen LogP contribution is -2.06. The van der Waals surface area contributed by atoms with Crippen LogP contribution in [-0.2, 0) is 0 Å². The van der Waals surface area contributed by atoms with Crippen molar-refractivity contribution in [3.63, 3.8) is 0 Å². The Morgan fingerprint density at radius 3 is 2.57 bits per heavy atom. The number of benzene rings is 2. The van der Waals surface area contributed by atoms with Crippen LogP contribution in [0.1, 0.15) is 15.9 Å². The summed E-state index contributed by atoms with van der Waals surface area (Å²) in [5, 5.41) is 19.4. The quantitative estimate of drug-likeness (QED) is 0.518. The zero-order valence-electron chi connectivity index (χ0n) is 11.4. The second-order valence-electron chi connectivity index (χ2n) is 4.29. The number of anilines is 1. The Bertz CT molecular complexity index is 648. The highest BCUT2D eigenvalue weighted by atomic mass is 16.8. The van der Waals surface area contributed by atoms with Gasteiger partial charge in [0.1, 0.15) is 5.75 Å². The lowest BCUT2D eigenvalue weighted by atomic mass is 10.1. The number of carbonyl (C=O) groups excluding carboxylic acids is 1. The van der Waals surface area contributed by atoms with Gasteiger partial charge in [-0.2, -0.15) is 0 Å². The Kier molecular flexibility index (Phi) is 4.71. The molecule has 0 fully saturated rings. The first-order chi connectivity index (χ1) is 10.1. The normalized spacial score (nSPS) is 10.6. The molecular formula is C16H14NO4-. The van der Waals surface area contributed by atoms with Crippen LogP contribution in [-0.4, -0.2) is 18.1 Å². The van der Waals surface area contributed by atoms with E-state index in [0.29, 0.717) is 16.9 Å². The van der Waals surface area contributed by atoms with Crippen molar-refractivity contribution >= 4 is 17.5 Å². The SMILES string of the molecule is COc1ccc(C(=O)C=Cc2cccc(N([O-])O)c2)cc1. The van der Waals surface area contributed by atoms with E-state index in [2.05, 4.69) is 0 Å². The Morgan fingerprint density at radius 2 is 1.95 bits per heavy atom. The number of rotatable bonds is 5. The molecule has 0 saturated carbocycles. The number of carbonyl (C=O) groups is 1. The maximum atomic E-state index is 12.0. The average molecular weight is 284 g/mol. The Labute approximate surface area is 122 Å². The van der Waals surface area contributed by atoms with Crippen LogP contribution in [0.25, 0.3) is 6.08 Å². The standard InChI is InChI=1S/C16H14NO4/c1-21-15-8-6-13(7-9-15)16(18)10-5-12-3-2-4-14(11-12)17(19)20/h2-11,19H,1H3/q-1. The van der Waals surface area contributed by atoms with E-state index in [9.17, 15) is 10.0 Å². The molecule has 0 saturated heterocycles. The van der Waals surface area contributed by atoms with E-state index in [1.54, 1.807) is 49.6 Å². The van der Waals surface area contributed by atoms with Gasteiger partial charge in [0.05, 0.1) is 12.8 Å². The fraction of sp³-hybridized carbons (Fsp3) is 0.0625. The third-order valence-electron chi connectivity index (χ3n) is 2.89. The second-order valence-corrected chi connectivity index (χ2v) is 4.29. The van der Waals surface area contributed by atoms with Crippen molar-refractivity contribution in [2.24, 2.45) is 0 Å². The number of nitrogens with zero attached hydrogens (tertiary/aromatic N) is 1. The van der Waals surface area contributed by atoms with E-state index < -0.39 is 0 Å². The lowest BCUT2D eigenvalue weighted by Gasteiger charge is -2.21. The summed E-state index contributed by atoms with van der Waals surface area (Å²) in [5.74, 6) is 0.521. The predicted molar refractivity (Wildman–Crippen MR) is 80.4 cm³/mol. The Balaban J connectivity index is 2.12. The smallest absolute Gasteiger partial charge is 0.185 e. The second kappa shape index (κ2) is 6.69. The fourth-order valence-corrected chi connectivity index (χ4v) is 1.77. The van der Waals surface area contributed by atoms with Crippen LogP contribution in [0.2, 0.25) is 0 Å². The first kappa shape index (κ1) is 14.8. The van der Waals surface area contributed by atoms with Crippen molar-refractivity contribution in [3.8, 4) is 5.75 Å². The van der Waals surface area contributed by atoms with Crippen molar-refractivity contribution in [3.05, 3.63) is 70.9 Å². The molecule has 2 rings (SSSR count). The first-order valence-corrected chi connectivity index (χ1v) is 6.23. The van der Waals surface area contributed by atoms with Gasteiger partial charge in [-0.1, -0.05) is 18.2 Å². The van der Waals surface area contributed by atoms with E-state index in [4.69, 9.17) is 9.94 Å². The highest BCUT2D eigenvalue weighted by molar-refractivity contribution is 6.06. The minimum Gasteiger partial charge on any atom is -0.733 e. The molecule has 5 heteroatoms. The minimum atomic E-state index is -0.220. The van der Waals surface area contributed by atoms with Crippen LogP contribution in [0.5, 0.6) is 5.75 Å². The predicted octanol–water partition coefficient (Wildman–Crippen LogP) is 3.28. The molecule has 0 aliphatic heterocycles. The summed E-state index contributed by atoms with van der Waals surface area (Å²) in [6.07, 6.45) is 2.99. The van der Waals surface area contributed by atoms with Gasteiger partial charge in [0, 0.05) is 5.56 Å². The number of ketones is 1. The van der Waals surface area contributed by atoms with E-state index in [0.717, 1.165) is 0 Å². The van der Waals surface area contributed by atoms with Crippen LogP contribution in [0.4, 0.5) is 5.69 Å². The molecule has 0 unspecified atom stereocenters. The summed E-state index contributed by atoms with van der Waals surface area (Å²) >= 11 is 0. The minimum absolute atomic E-state index is 0.106. The van der Waals surface area contributed by atoms with Gasteiger partial charge in [-0.05, 0) is 48.0 Å². The molecule has 0 aromatic heterocycles. The van der Waals surface area contributed by atoms with Gasteiger partial charge in [0.25, 0.3) is 0 Å². The van der Waals surface area contributed by atoms with Crippen molar-refractivity contribution in [2.75, 3.05) is 12.3 Å². The zero-order chi connectivity index (χ0) is 15.2. The molecule has 0 heterocycles. The zero-order valence-corrected chi connectivity index (χ0v) is 11.4. The number of hydrogen-bond acceptors (Lipinski definition) is 5. The monoisotopic (exact) mass is 284 g/mol. The van der Waals surface area contributed by atoms with Crippen LogP contribution < -0.4 is 9.96 Å². The van der Waals surface area contributed by atoms with Crippen molar-refractivity contribution in [1.82, 2.24) is 0 Å². The van der Waals surface area contributed by atoms with E-state index >= 15 is 0 Å². The molecule has 0 aliphatic rings. The molecular weight excluding hydrogens is 270 g/mol. The van der Waals surface area contributed by atoms with E-state index in [1.165, 1.54) is 18.2 Å². The van der Waals surface area contributed by atoms with Gasteiger partial charge in [0.15, 0.2) is 5.78 Å². The molecule has 2 aromatic rings. The molecule has 0 amide bonds. The molecule has 108 valence electrons. The summed E-state index contributed by atoms with van der Waals surface area (Å²) in [6, 6.07) is 13.1. The van der Waals surface area contributed by atoms with Gasteiger partial charge in [-0.3, -0.25) is 10.0 Å². The van der Waals surface area contributed by atoms with E-state index in [1.807, 2.05) is 0 Å². The first-order valence-electron chi connectivity index (χ1n) is 6.23. The van der Waals surface area contributed by atoms with Crippen LogP contribution in [0.3, 0.4) is 0 Å². The Hall–Kier alpha value is -2.63. The molecule has 0 atom stereocenters. The lowest BCUT2D eigenvalue weighted by molar-refractivity contribution is 0.104. The molecule has 2 aromatic carbocycles. The van der Waals surface area contributed by atoms with Crippen LogP contribution in [0.15, 0.2) is 54.6 Å². The number of ether oxygens (including phenoxy) is 1. The highest BCUT2D eigenvalue weighted by Gasteiger charge is 2.02. The number of allylic oxidation sites excluding steroid dienone is 1. The van der Waals surface area contributed by atoms with Gasteiger partial charge in [-0.15, -0.1) is 0 Å². The molecule has 1 N–H and O–H groups in total. The molecule has 0 aliphatic carbocycles. The maximum Gasteiger partial charge on any atom is 0.185 e. The van der Waals surface area contributed by atoms with Gasteiger partial charge >= 0.3 is 0 Å². The average Bonchev–Trinajstić information content (AvgIpc) is 2.53. The molecule has 0 bridgehead atoms. The maximum absolute atomic E-state index is 12.0. The molecule has 0 spiro atoms. The summed E-state index contributed by atoms with van der Waals surface area (Å²) in [6.45, 7) is 0. The summed E-state index contributed by atoms with van der Waals surface area (Å²) < 4.78 is 5.03. The third kappa shape index (κ3) is 3.92. The van der Waals surface area contributed by atoms with Crippen molar-refractivity contribution in [1.29, 1.82) is 0 Å². The van der Waals surface area contributed by atoms with Gasteiger partial charge < -0.3 is 15.2 Å².